The largest absolute Gasteiger partial charge is 0.369 e. The molecule has 0 radical (unpaired) electrons. The molecule has 2 aromatic carbocycles. The SMILES string of the molecule is O=C(Nc1ccc(Cl)c(Cl)c1)C1CCN(c2ccccc2F)CC1. The Morgan fingerprint density at radius 3 is 2.46 bits per heavy atom. The molecular weight excluding hydrogens is 350 g/mol. The Labute approximate surface area is 150 Å². The summed E-state index contributed by atoms with van der Waals surface area (Å²) in [7, 11) is 0. The Bertz CT molecular complexity index is 746. The van der Waals surface area contributed by atoms with Crippen LogP contribution in [0.3, 0.4) is 0 Å². The van der Waals surface area contributed by atoms with Crippen LogP contribution < -0.4 is 10.2 Å². The zero-order chi connectivity index (χ0) is 17.1. The van der Waals surface area contributed by atoms with E-state index in [-0.39, 0.29) is 17.6 Å². The summed E-state index contributed by atoms with van der Waals surface area (Å²) in [6.45, 7) is 1.31. The summed E-state index contributed by atoms with van der Waals surface area (Å²) in [5, 5.41) is 3.73. The first-order chi connectivity index (χ1) is 11.5. The lowest BCUT2D eigenvalue weighted by Crippen LogP contribution is -2.38. The second kappa shape index (κ2) is 7.41. The number of benzene rings is 2. The van der Waals surface area contributed by atoms with Gasteiger partial charge in [0.2, 0.25) is 5.91 Å². The number of hydrogen-bond donors (Lipinski definition) is 1. The molecule has 0 saturated carbocycles. The molecule has 24 heavy (non-hydrogen) atoms. The van der Waals surface area contributed by atoms with Crippen molar-refractivity contribution < 1.29 is 9.18 Å². The fraction of sp³-hybridized carbons (Fsp3) is 0.278. The molecule has 0 unspecified atom stereocenters. The Kier molecular flexibility index (Phi) is 5.27. The number of piperidine rings is 1. The molecule has 1 aliphatic rings. The van der Waals surface area contributed by atoms with Gasteiger partial charge >= 0.3 is 0 Å². The first kappa shape index (κ1) is 17.1. The van der Waals surface area contributed by atoms with E-state index in [4.69, 9.17) is 23.2 Å². The first-order valence-corrected chi connectivity index (χ1v) is 8.55. The van der Waals surface area contributed by atoms with Gasteiger partial charge in [0.1, 0.15) is 5.82 Å². The standard InChI is InChI=1S/C18H17Cl2FN2O/c19-14-6-5-13(11-15(14)20)22-18(24)12-7-9-23(10-8-12)17-4-2-1-3-16(17)21/h1-6,11-12H,7-10H2,(H,22,24). The number of para-hydroxylation sites is 1. The van der Waals surface area contributed by atoms with Crippen LogP contribution in [-0.2, 0) is 4.79 Å². The van der Waals surface area contributed by atoms with Gasteiger partial charge in [0.05, 0.1) is 15.7 Å². The van der Waals surface area contributed by atoms with E-state index in [0.29, 0.717) is 47.4 Å². The van der Waals surface area contributed by atoms with Crippen molar-refractivity contribution in [1.82, 2.24) is 0 Å². The van der Waals surface area contributed by atoms with E-state index in [2.05, 4.69) is 5.32 Å². The highest BCUT2D eigenvalue weighted by Crippen LogP contribution is 2.28. The fourth-order valence-electron chi connectivity index (χ4n) is 2.91. The summed E-state index contributed by atoms with van der Waals surface area (Å²) < 4.78 is 13.8. The van der Waals surface area contributed by atoms with E-state index in [1.165, 1.54) is 6.07 Å². The number of carbonyl (C=O) groups excluding carboxylic acids is 1. The predicted octanol–water partition coefficient (Wildman–Crippen LogP) is 4.99. The molecule has 1 N–H and O–H groups in total. The quantitative estimate of drug-likeness (QED) is 0.829. The number of nitrogens with zero attached hydrogens (tertiary/aromatic N) is 1. The van der Waals surface area contributed by atoms with Crippen LogP contribution in [0, 0.1) is 11.7 Å². The molecule has 0 aromatic heterocycles. The van der Waals surface area contributed by atoms with Gasteiger partial charge in [-0.2, -0.15) is 0 Å². The summed E-state index contributed by atoms with van der Waals surface area (Å²) in [4.78, 5) is 14.4. The lowest BCUT2D eigenvalue weighted by molar-refractivity contribution is -0.120. The second-order valence-electron chi connectivity index (χ2n) is 5.83. The molecule has 0 aliphatic carbocycles. The van der Waals surface area contributed by atoms with Gasteiger partial charge in [0, 0.05) is 24.7 Å². The first-order valence-electron chi connectivity index (χ1n) is 7.80. The van der Waals surface area contributed by atoms with Crippen LogP contribution in [-0.4, -0.2) is 19.0 Å². The molecular formula is C18H17Cl2FN2O. The third kappa shape index (κ3) is 3.82. The third-order valence-corrected chi connectivity index (χ3v) is 4.99. The molecule has 3 rings (SSSR count). The van der Waals surface area contributed by atoms with Crippen LogP contribution in [0.1, 0.15) is 12.8 Å². The zero-order valence-electron chi connectivity index (χ0n) is 12.9. The Balaban J connectivity index is 1.59. The monoisotopic (exact) mass is 366 g/mol. The van der Waals surface area contributed by atoms with Crippen molar-refractivity contribution in [2.45, 2.75) is 12.8 Å². The van der Waals surface area contributed by atoms with Crippen molar-refractivity contribution in [3.63, 3.8) is 0 Å². The van der Waals surface area contributed by atoms with Crippen molar-refractivity contribution in [2.24, 2.45) is 5.92 Å². The second-order valence-corrected chi connectivity index (χ2v) is 6.65. The van der Waals surface area contributed by atoms with Crippen molar-refractivity contribution in [3.8, 4) is 0 Å². The van der Waals surface area contributed by atoms with Crippen LogP contribution >= 0.6 is 23.2 Å². The van der Waals surface area contributed by atoms with Crippen molar-refractivity contribution in [2.75, 3.05) is 23.3 Å². The van der Waals surface area contributed by atoms with Crippen molar-refractivity contribution in [1.29, 1.82) is 0 Å². The Morgan fingerprint density at radius 1 is 1.08 bits per heavy atom. The van der Waals surface area contributed by atoms with Crippen LogP contribution in [0.15, 0.2) is 42.5 Å². The van der Waals surface area contributed by atoms with Crippen LogP contribution in [0.2, 0.25) is 10.0 Å². The van der Waals surface area contributed by atoms with E-state index in [9.17, 15) is 9.18 Å². The van der Waals surface area contributed by atoms with E-state index >= 15 is 0 Å². The minimum Gasteiger partial charge on any atom is -0.369 e. The molecule has 1 fully saturated rings. The number of amides is 1. The minimum absolute atomic E-state index is 0.0402. The molecule has 1 saturated heterocycles. The maximum atomic E-state index is 13.8. The average molecular weight is 367 g/mol. The molecule has 0 atom stereocenters. The predicted molar refractivity (Wildman–Crippen MR) is 96.4 cm³/mol. The van der Waals surface area contributed by atoms with Crippen molar-refractivity contribution >= 4 is 40.5 Å². The Morgan fingerprint density at radius 2 is 1.79 bits per heavy atom. The van der Waals surface area contributed by atoms with Gasteiger partial charge in [-0.15, -0.1) is 0 Å². The molecule has 6 heteroatoms. The zero-order valence-corrected chi connectivity index (χ0v) is 14.4. The number of rotatable bonds is 3. The smallest absolute Gasteiger partial charge is 0.227 e. The molecule has 1 heterocycles. The number of hydrogen-bond acceptors (Lipinski definition) is 2. The minimum atomic E-state index is -0.226. The van der Waals surface area contributed by atoms with Gasteiger partial charge in [-0.25, -0.2) is 4.39 Å². The van der Waals surface area contributed by atoms with Gasteiger partial charge in [-0.1, -0.05) is 35.3 Å². The van der Waals surface area contributed by atoms with Crippen LogP contribution in [0.5, 0.6) is 0 Å². The number of carbonyl (C=O) groups is 1. The van der Waals surface area contributed by atoms with Gasteiger partial charge < -0.3 is 10.2 Å². The van der Waals surface area contributed by atoms with Crippen LogP contribution in [0.4, 0.5) is 15.8 Å². The van der Waals surface area contributed by atoms with Crippen molar-refractivity contribution in [3.05, 3.63) is 58.3 Å². The van der Waals surface area contributed by atoms with Gasteiger partial charge in [0.15, 0.2) is 0 Å². The Hall–Kier alpha value is -1.78. The number of nitrogens with one attached hydrogen (secondary N) is 1. The number of anilines is 2. The van der Waals surface area contributed by atoms with E-state index in [0.717, 1.165) is 0 Å². The average Bonchev–Trinajstić information content (AvgIpc) is 2.59. The third-order valence-electron chi connectivity index (χ3n) is 4.25. The molecule has 2 aromatic rings. The highest BCUT2D eigenvalue weighted by Gasteiger charge is 2.26. The van der Waals surface area contributed by atoms with Crippen LogP contribution in [0.25, 0.3) is 0 Å². The lowest BCUT2D eigenvalue weighted by Gasteiger charge is -2.33. The molecule has 0 spiro atoms. The summed E-state index contributed by atoms with van der Waals surface area (Å²) in [6, 6.07) is 11.7. The molecule has 1 aliphatic heterocycles. The summed E-state index contributed by atoms with van der Waals surface area (Å²) in [5.74, 6) is -0.361. The fourth-order valence-corrected chi connectivity index (χ4v) is 3.21. The van der Waals surface area contributed by atoms with Gasteiger partial charge in [0.25, 0.3) is 0 Å². The highest BCUT2D eigenvalue weighted by molar-refractivity contribution is 6.42. The molecule has 1 amide bonds. The summed E-state index contributed by atoms with van der Waals surface area (Å²) >= 11 is 11.8. The maximum absolute atomic E-state index is 13.8. The van der Waals surface area contributed by atoms with Gasteiger partial charge in [-0.3, -0.25) is 4.79 Å². The van der Waals surface area contributed by atoms with E-state index < -0.39 is 0 Å². The lowest BCUT2D eigenvalue weighted by atomic mass is 9.95. The maximum Gasteiger partial charge on any atom is 0.227 e. The molecule has 0 bridgehead atoms. The van der Waals surface area contributed by atoms with Gasteiger partial charge in [-0.05, 0) is 43.2 Å². The van der Waals surface area contributed by atoms with E-state index in [1.807, 2.05) is 11.0 Å². The van der Waals surface area contributed by atoms with E-state index in [1.54, 1.807) is 30.3 Å². The molecule has 126 valence electrons. The summed E-state index contributed by atoms with van der Waals surface area (Å²) in [5.41, 5.74) is 1.23. The number of halogens is 3. The normalized spacial score (nSPS) is 15.4. The molecule has 3 nitrogen and oxygen atoms in total. The highest BCUT2D eigenvalue weighted by atomic mass is 35.5. The topological polar surface area (TPSA) is 32.3 Å². The summed E-state index contributed by atoms with van der Waals surface area (Å²) in [6.07, 6.45) is 1.36.